The zero-order valence-electron chi connectivity index (χ0n) is 42.1. The van der Waals surface area contributed by atoms with Gasteiger partial charge in [0.1, 0.15) is 12.1 Å². The van der Waals surface area contributed by atoms with Crippen molar-refractivity contribution < 1.29 is 29.1 Å². The number of rotatable bonds is 45. The van der Waals surface area contributed by atoms with Gasteiger partial charge in [0.25, 0.3) is 5.91 Å². The van der Waals surface area contributed by atoms with Gasteiger partial charge < -0.3 is 32.1 Å². The van der Waals surface area contributed by atoms with Crippen molar-refractivity contribution in [2.45, 2.75) is 225 Å². The summed E-state index contributed by atoms with van der Waals surface area (Å²) in [6.45, 7) is 5.33. The SMILES string of the molecule is CCCCCCCC/C=C/CCCCCCCC(=O)NCC(NC(=O)CCCCCCC/C=C/CCCCCCCC)C(=O)NCCN=Cc1ccccc1C(=O)NCCCCC(N)C(=O)O. The molecule has 67 heavy (non-hydrogen) atoms. The van der Waals surface area contributed by atoms with E-state index in [0.717, 1.165) is 70.6 Å². The number of nitrogens with one attached hydrogen (secondary N) is 4. The molecule has 0 spiro atoms. The van der Waals surface area contributed by atoms with Crippen molar-refractivity contribution in [2.24, 2.45) is 10.7 Å². The lowest BCUT2D eigenvalue weighted by Gasteiger charge is -2.19. The van der Waals surface area contributed by atoms with E-state index < -0.39 is 24.0 Å². The Kier molecular flexibility index (Phi) is 40.0. The van der Waals surface area contributed by atoms with Crippen molar-refractivity contribution in [1.29, 1.82) is 0 Å². The molecule has 0 aliphatic rings. The molecule has 2 unspecified atom stereocenters. The van der Waals surface area contributed by atoms with E-state index in [1.165, 1.54) is 96.3 Å². The fourth-order valence-corrected chi connectivity index (χ4v) is 7.75. The minimum Gasteiger partial charge on any atom is -0.480 e. The van der Waals surface area contributed by atoms with Gasteiger partial charge in [-0.25, -0.2) is 0 Å². The van der Waals surface area contributed by atoms with Gasteiger partial charge in [0.2, 0.25) is 17.7 Å². The summed E-state index contributed by atoms with van der Waals surface area (Å²) in [5.41, 5.74) is 6.63. The minimum absolute atomic E-state index is 0.00593. The molecule has 0 aliphatic carbocycles. The van der Waals surface area contributed by atoms with Crippen LogP contribution in [0.2, 0.25) is 0 Å². The molecule has 7 N–H and O–H groups in total. The molecule has 12 heteroatoms. The van der Waals surface area contributed by atoms with Gasteiger partial charge in [0, 0.05) is 49.8 Å². The molecule has 1 aromatic carbocycles. The number of aliphatic carboxylic acids is 1. The van der Waals surface area contributed by atoms with E-state index in [4.69, 9.17) is 10.8 Å². The summed E-state index contributed by atoms with van der Waals surface area (Å²) >= 11 is 0. The van der Waals surface area contributed by atoms with Gasteiger partial charge in [-0.05, 0) is 89.5 Å². The van der Waals surface area contributed by atoms with Gasteiger partial charge in [-0.1, -0.05) is 159 Å². The molecular formula is C55H94N6O6. The van der Waals surface area contributed by atoms with Gasteiger partial charge in [-0.2, -0.15) is 0 Å². The summed E-state index contributed by atoms with van der Waals surface area (Å²) in [6, 6.07) is 5.24. The van der Waals surface area contributed by atoms with Gasteiger partial charge in [-0.15, -0.1) is 0 Å². The first-order valence-corrected chi connectivity index (χ1v) is 26.7. The van der Waals surface area contributed by atoms with E-state index in [1.54, 1.807) is 24.4 Å². The molecule has 0 bridgehead atoms. The first kappa shape index (κ1) is 60.7. The molecule has 0 heterocycles. The Bertz CT molecular complexity index is 1530. The lowest BCUT2D eigenvalue weighted by Crippen LogP contribution is -2.53. The van der Waals surface area contributed by atoms with E-state index >= 15 is 0 Å². The van der Waals surface area contributed by atoms with Crippen LogP contribution in [0.4, 0.5) is 0 Å². The summed E-state index contributed by atoms with van der Waals surface area (Å²) in [7, 11) is 0. The molecule has 0 aromatic heterocycles. The van der Waals surface area contributed by atoms with E-state index in [2.05, 4.69) is 64.4 Å². The Balaban J connectivity index is 2.54. The maximum Gasteiger partial charge on any atom is 0.320 e. The molecule has 1 rings (SSSR count). The van der Waals surface area contributed by atoms with Crippen LogP contribution < -0.4 is 27.0 Å². The quantitative estimate of drug-likeness (QED) is 0.0213. The number of carbonyl (C=O) groups is 5. The summed E-state index contributed by atoms with van der Waals surface area (Å²) < 4.78 is 0. The second-order valence-electron chi connectivity index (χ2n) is 18.2. The zero-order chi connectivity index (χ0) is 48.8. The van der Waals surface area contributed by atoms with Crippen molar-refractivity contribution in [3.05, 3.63) is 59.7 Å². The lowest BCUT2D eigenvalue weighted by atomic mass is 10.1. The van der Waals surface area contributed by atoms with E-state index in [1.807, 2.05) is 6.07 Å². The highest BCUT2D eigenvalue weighted by Gasteiger charge is 2.21. The highest BCUT2D eigenvalue weighted by Crippen LogP contribution is 2.13. The molecule has 0 radical (unpaired) electrons. The smallest absolute Gasteiger partial charge is 0.320 e. The summed E-state index contributed by atoms with van der Waals surface area (Å²) in [4.78, 5) is 67.5. The number of hydrogen-bond donors (Lipinski definition) is 6. The first-order valence-electron chi connectivity index (χ1n) is 26.7. The van der Waals surface area contributed by atoms with Crippen LogP contribution in [0.5, 0.6) is 0 Å². The third-order valence-corrected chi connectivity index (χ3v) is 12.0. The Morgan fingerprint density at radius 2 is 1.07 bits per heavy atom. The molecule has 0 saturated heterocycles. The van der Waals surface area contributed by atoms with E-state index in [-0.39, 0.29) is 37.4 Å². The average molecular weight is 935 g/mol. The van der Waals surface area contributed by atoms with Crippen molar-refractivity contribution in [1.82, 2.24) is 21.3 Å². The molecule has 1 aromatic rings. The van der Waals surface area contributed by atoms with Gasteiger partial charge in [0.05, 0.1) is 6.54 Å². The number of carboxylic acids is 1. The van der Waals surface area contributed by atoms with Crippen molar-refractivity contribution >= 4 is 35.8 Å². The second kappa shape index (κ2) is 44.2. The number of hydrogen-bond acceptors (Lipinski definition) is 7. The first-order chi connectivity index (χ1) is 32.7. The standard InChI is InChI=1S/C55H94N6O6/c1-3-5-7-9-11-13-15-17-19-21-23-25-27-29-31-40-51(62)60-46-50(61-52(63)41-32-30-28-26-24-22-20-18-16-14-12-10-8-6-4-2)54(65)59-44-43-57-45-47-37-33-34-38-48(47)53(64)58-42-36-35-39-49(56)55(66)67/h17-20,33-34,37-38,45,49-50H,3-16,21-32,35-36,39-44,46,56H2,1-2H3,(H,58,64)(H,59,65)(H,60,62)(H,61,63)(H,66,67)/b19-17+,20-18+,57-45?. The van der Waals surface area contributed by atoms with Crippen LogP contribution in [0.3, 0.4) is 0 Å². The number of aliphatic imine (C=N–C) groups is 1. The Labute approximate surface area is 406 Å². The van der Waals surface area contributed by atoms with Crippen LogP contribution in [-0.4, -0.2) is 79.2 Å². The number of nitrogens with zero attached hydrogens (tertiary/aromatic N) is 1. The predicted octanol–water partition coefficient (Wildman–Crippen LogP) is 11.2. The number of nitrogens with two attached hydrogens (primary N) is 1. The maximum absolute atomic E-state index is 13.4. The molecule has 0 saturated carbocycles. The monoisotopic (exact) mass is 935 g/mol. The highest BCUT2D eigenvalue weighted by molar-refractivity contribution is 6.02. The van der Waals surface area contributed by atoms with Crippen LogP contribution in [0.1, 0.15) is 229 Å². The third kappa shape index (κ3) is 36.4. The fourth-order valence-electron chi connectivity index (χ4n) is 7.75. The van der Waals surface area contributed by atoms with Gasteiger partial charge >= 0.3 is 5.97 Å². The Hall–Kier alpha value is -4.32. The van der Waals surface area contributed by atoms with Crippen LogP contribution in [-0.2, 0) is 19.2 Å². The summed E-state index contributed by atoms with van der Waals surface area (Å²) in [5, 5.41) is 20.4. The minimum atomic E-state index is -1.04. The van der Waals surface area contributed by atoms with Crippen LogP contribution in [0.15, 0.2) is 53.6 Å². The summed E-state index contributed by atoms with van der Waals surface area (Å²) in [6.07, 6.45) is 43.8. The van der Waals surface area contributed by atoms with Gasteiger partial charge in [0.15, 0.2) is 0 Å². The number of amides is 4. The fraction of sp³-hybridized carbons (Fsp3) is 0.709. The number of allylic oxidation sites excluding steroid dienone is 4. The number of carbonyl (C=O) groups excluding carboxylic acids is 4. The number of unbranched alkanes of at least 4 members (excludes halogenated alkanes) is 23. The predicted molar refractivity (Wildman–Crippen MR) is 278 cm³/mol. The van der Waals surface area contributed by atoms with Crippen LogP contribution in [0, 0.1) is 0 Å². The molecule has 2 atom stereocenters. The molecular weight excluding hydrogens is 841 g/mol. The van der Waals surface area contributed by atoms with Crippen LogP contribution >= 0.6 is 0 Å². The Morgan fingerprint density at radius 1 is 0.582 bits per heavy atom. The van der Waals surface area contributed by atoms with Crippen molar-refractivity contribution in [3.8, 4) is 0 Å². The molecule has 0 aliphatic heterocycles. The highest BCUT2D eigenvalue weighted by atomic mass is 16.4. The second-order valence-corrected chi connectivity index (χ2v) is 18.2. The van der Waals surface area contributed by atoms with E-state index in [9.17, 15) is 24.0 Å². The zero-order valence-corrected chi connectivity index (χ0v) is 42.1. The van der Waals surface area contributed by atoms with E-state index in [0.29, 0.717) is 49.8 Å². The molecule has 0 fully saturated rings. The van der Waals surface area contributed by atoms with Crippen molar-refractivity contribution in [2.75, 3.05) is 26.2 Å². The third-order valence-electron chi connectivity index (χ3n) is 12.0. The largest absolute Gasteiger partial charge is 0.480 e. The van der Waals surface area contributed by atoms with Crippen LogP contribution in [0.25, 0.3) is 0 Å². The van der Waals surface area contributed by atoms with Gasteiger partial charge in [-0.3, -0.25) is 29.0 Å². The maximum atomic E-state index is 13.4. The lowest BCUT2D eigenvalue weighted by molar-refractivity contribution is -0.138. The number of carboxylic acid groups (broad SMARTS) is 1. The van der Waals surface area contributed by atoms with Crippen molar-refractivity contribution in [3.63, 3.8) is 0 Å². The molecule has 12 nitrogen and oxygen atoms in total. The molecule has 4 amide bonds. The normalized spacial score (nSPS) is 12.5. The summed E-state index contributed by atoms with van der Waals surface area (Å²) in [5.74, 6) is -2.03. The Morgan fingerprint density at radius 3 is 1.61 bits per heavy atom. The average Bonchev–Trinajstić information content (AvgIpc) is 3.32. The number of benzene rings is 1. The topological polar surface area (TPSA) is 192 Å². The molecule has 380 valence electrons.